The van der Waals surface area contributed by atoms with E-state index in [1.807, 2.05) is 30.3 Å². The van der Waals surface area contributed by atoms with Gasteiger partial charge in [0, 0.05) is 47.7 Å². The van der Waals surface area contributed by atoms with Gasteiger partial charge in [0.25, 0.3) is 0 Å². The summed E-state index contributed by atoms with van der Waals surface area (Å²) in [6, 6.07) is 8.03. The monoisotopic (exact) mass is 328 g/mol. The van der Waals surface area contributed by atoms with Gasteiger partial charge in [0.1, 0.15) is 12.4 Å². The van der Waals surface area contributed by atoms with Gasteiger partial charge in [-0.1, -0.05) is 24.3 Å². The summed E-state index contributed by atoms with van der Waals surface area (Å²) in [6.45, 7) is 0.705. The van der Waals surface area contributed by atoms with Gasteiger partial charge >= 0.3 is 0 Å². The molecule has 0 bridgehead atoms. The second-order valence-electron chi connectivity index (χ2n) is 2.25. The van der Waals surface area contributed by atoms with Gasteiger partial charge < -0.3 is 4.74 Å². The molecule has 3 heteroatoms. The van der Waals surface area contributed by atoms with E-state index in [2.05, 4.69) is 6.08 Å². The van der Waals surface area contributed by atoms with Crippen molar-refractivity contribution in [1.82, 2.24) is 0 Å². The summed E-state index contributed by atoms with van der Waals surface area (Å²) in [5.41, 5.74) is 1.17. The Morgan fingerprint density at radius 2 is 1.83 bits per heavy atom. The van der Waals surface area contributed by atoms with Gasteiger partial charge in [-0.05, 0) is 12.1 Å². The number of benzene rings is 1. The molecule has 0 fully saturated rings. The van der Waals surface area contributed by atoms with E-state index < -0.39 is 0 Å². The fourth-order valence-corrected chi connectivity index (χ4v) is 1.06. The van der Waals surface area contributed by atoms with Crippen LogP contribution in [-0.4, -0.2) is 6.61 Å². The van der Waals surface area contributed by atoms with Crippen LogP contribution in [-0.2, 0) is 42.1 Å². The molecule has 0 unspecified atom stereocenters. The molecule has 1 aromatic rings. The van der Waals surface area contributed by atoms with E-state index in [4.69, 9.17) is 4.74 Å². The molecule has 0 aromatic heterocycles. The molecule has 12 heavy (non-hydrogen) atoms. The predicted molar refractivity (Wildman–Crippen MR) is 41.0 cm³/mol. The molecule has 62 valence electrons. The minimum atomic E-state index is 0. The normalized spacial score (nSPS) is 11.7. The van der Waals surface area contributed by atoms with Crippen LogP contribution in [0.25, 0.3) is 6.08 Å². The van der Waals surface area contributed by atoms with Gasteiger partial charge in [-0.3, -0.25) is 0 Å². The smallest absolute Gasteiger partial charge is 0.126 e. The van der Waals surface area contributed by atoms with Crippen LogP contribution < -0.4 is 4.74 Å². The summed E-state index contributed by atoms with van der Waals surface area (Å²) >= 11 is 0. The SMILES string of the molecule is C1=Cc2ccccc2OC1.[Mo].[Mo]. The van der Waals surface area contributed by atoms with E-state index >= 15 is 0 Å². The van der Waals surface area contributed by atoms with Crippen LogP contribution in [0.3, 0.4) is 0 Å². The molecular weight excluding hydrogens is 316 g/mol. The maximum absolute atomic E-state index is 5.34. The molecule has 1 aromatic carbocycles. The second kappa shape index (κ2) is 5.73. The zero-order valence-corrected chi connectivity index (χ0v) is 10.4. The zero-order valence-electron chi connectivity index (χ0n) is 6.40. The van der Waals surface area contributed by atoms with Crippen LogP contribution in [0.2, 0.25) is 0 Å². The molecule has 1 aliphatic heterocycles. The molecule has 0 saturated carbocycles. The average molecular weight is 324 g/mol. The number of hydrogen-bond acceptors (Lipinski definition) is 1. The molecule has 0 aliphatic carbocycles. The van der Waals surface area contributed by atoms with Crippen LogP contribution in [0.4, 0.5) is 0 Å². The van der Waals surface area contributed by atoms with E-state index in [9.17, 15) is 0 Å². The quantitative estimate of drug-likeness (QED) is 0.664. The minimum absolute atomic E-state index is 0. The van der Waals surface area contributed by atoms with Gasteiger partial charge in [0.05, 0.1) is 0 Å². The van der Waals surface area contributed by atoms with Crippen molar-refractivity contribution in [2.45, 2.75) is 0 Å². The van der Waals surface area contributed by atoms with Gasteiger partial charge in [0.15, 0.2) is 0 Å². The number of para-hydroxylation sites is 1. The van der Waals surface area contributed by atoms with Crippen molar-refractivity contribution in [2.24, 2.45) is 0 Å². The first-order chi connectivity index (χ1) is 4.97. The summed E-state index contributed by atoms with van der Waals surface area (Å²) in [5, 5.41) is 0. The maximum atomic E-state index is 5.34. The molecule has 0 spiro atoms. The average Bonchev–Trinajstić information content (AvgIpc) is 2.05. The number of ether oxygens (including phenoxy) is 1. The van der Waals surface area contributed by atoms with Crippen molar-refractivity contribution in [3.63, 3.8) is 0 Å². The summed E-state index contributed by atoms with van der Waals surface area (Å²) in [5.74, 6) is 0.991. The van der Waals surface area contributed by atoms with Crippen molar-refractivity contribution in [2.75, 3.05) is 6.61 Å². The Morgan fingerprint density at radius 3 is 2.58 bits per heavy atom. The summed E-state index contributed by atoms with van der Waals surface area (Å²) < 4.78 is 5.34. The summed E-state index contributed by atoms with van der Waals surface area (Å²) in [7, 11) is 0. The van der Waals surface area contributed by atoms with Crippen molar-refractivity contribution >= 4 is 6.08 Å². The summed E-state index contributed by atoms with van der Waals surface area (Å²) in [6.07, 6.45) is 4.10. The second-order valence-corrected chi connectivity index (χ2v) is 2.25. The van der Waals surface area contributed by atoms with Crippen molar-refractivity contribution in [3.8, 4) is 5.75 Å². The molecule has 1 aliphatic rings. The maximum Gasteiger partial charge on any atom is 0.126 e. The third-order valence-electron chi connectivity index (χ3n) is 1.55. The Bertz CT molecular complexity index is 271. The van der Waals surface area contributed by atoms with E-state index in [0.717, 1.165) is 5.75 Å². The van der Waals surface area contributed by atoms with Gasteiger partial charge in [-0.25, -0.2) is 0 Å². The fraction of sp³-hybridized carbons (Fsp3) is 0.111. The molecular formula is C9H8Mo2O. The minimum Gasteiger partial charge on any atom is -0.489 e. The number of rotatable bonds is 0. The van der Waals surface area contributed by atoms with Crippen LogP contribution in [0, 0.1) is 0 Å². The van der Waals surface area contributed by atoms with Crippen molar-refractivity contribution < 1.29 is 46.9 Å². The topological polar surface area (TPSA) is 9.23 Å². The molecule has 0 radical (unpaired) electrons. The van der Waals surface area contributed by atoms with Crippen molar-refractivity contribution in [1.29, 1.82) is 0 Å². The van der Waals surface area contributed by atoms with Gasteiger partial charge in [0.2, 0.25) is 0 Å². The van der Waals surface area contributed by atoms with E-state index in [1.54, 1.807) is 0 Å². The molecule has 1 heterocycles. The first-order valence-corrected chi connectivity index (χ1v) is 3.35. The molecule has 0 amide bonds. The fourth-order valence-electron chi connectivity index (χ4n) is 1.06. The van der Waals surface area contributed by atoms with E-state index in [1.165, 1.54) is 5.56 Å². The summed E-state index contributed by atoms with van der Waals surface area (Å²) in [4.78, 5) is 0. The largest absolute Gasteiger partial charge is 0.489 e. The number of fused-ring (bicyclic) bond motifs is 1. The molecule has 0 saturated heterocycles. The first kappa shape index (κ1) is 12.1. The third kappa shape index (κ3) is 2.57. The molecule has 2 rings (SSSR count). The zero-order chi connectivity index (χ0) is 6.81. The van der Waals surface area contributed by atoms with Crippen LogP contribution in [0.1, 0.15) is 5.56 Å². The van der Waals surface area contributed by atoms with Crippen molar-refractivity contribution in [3.05, 3.63) is 35.9 Å². The van der Waals surface area contributed by atoms with Crippen LogP contribution >= 0.6 is 0 Å². The molecule has 1 nitrogen and oxygen atoms in total. The van der Waals surface area contributed by atoms with Gasteiger partial charge in [-0.15, -0.1) is 0 Å². The van der Waals surface area contributed by atoms with E-state index in [-0.39, 0.29) is 42.1 Å². The Balaban J connectivity index is 0.000000605. The number of hydrogen-bond donors (Lipinski definition) is 0. The Hall–Kier alpha value is 0.137. The standard InChI is InChI=1S/C9H8O.2Mo/c1-2-6-9-8(4-1)5-3-7-10-9;;/h1-6H,7H2;;. The predicted octanol–water partition coefficient (Wildman–Crippen LogP) is 2.09. The Labute approximate surface area is 101 Å². The van der Waals surface area contributed by atoms with Crippen LogP contribution in [0.5, 0.6) is 5.75 Å². The molecule has 0 atom stereocenters. The third-order valence-corrected chi connectivity index (χ3v) is 1.55. The van der Waals surface area contributed by atoms with Gasteiger partial charge in [-0.2, -0.15) is 0 Å². The van der Waals surface area contributed by atoms with Crippen LogP contribution in [0.15, 0.2) is 30.3 Å². The Morgan fingerprint density at radius 1 is 1.08 bits per heavy atom. The first-order valence-electron chi connectivity index (χ1n) is 3.35. The van der Waals surface area contributed by atoms with E-state index in [0.29, 0.717) is 6.61 Å². The molecule has 0 N–H and O–H groups in total. The Kier molecular flexibility index (Phi) is 5.79.